The molecular weight excluding hydrogens is 308 g/mol. The summed E-state index contributed by atoms with van der Waals surface area (Å²) in [6.07, 6.45) is 8.54. The van der Waals surface area contributed by atoms with Gasteiger partial charge in [-0.2, -0.15) is 0 Å². The van der Waals surface area contributed by atoms with Crippen molar-refractivity contribution >= 4 is 23.3 Å². The molecule has 1 saturated heterocycles. The lowest BCUT2D eigenvalue weighted by Crippen LogP contribution is -2.54. The molecule has 0 N–H and O–H groups in total. The molecule has 0 saturated carbocycles. The molecule has 1 spiro atoms. The third-order valence-electron chi connectivity index (χ3n) is 5.03. The predicted octanol–water partition coefficient (Wildman–Crippen LogP) is 2.07. The lowest BCUT2D eigenvalue weighted by molar-refractivity contribution is -0.125. The molecule has 1 fully saturated rings. The summed E-state index contributed by atoms with van der Waals surface area (Å²) >= 11 is 1.65. The van der Waals surface area contributed by atoms with Gasteiger partial charge < -0.3 is 9.47 Å². The number of nitrogens with zero attached hydrogens (tertiary/aromatic N) is 4. The van der Waals surface area contributed by atoms with Crippen LogP contribution in [0.3, 0.4) is 0 Å². The molecular formula is C17H20N4OS. The molecule has 0 aliphatic carbocycles. The van der Waals surface area contributed by atoms with Crippen LogP contribution in [0.2, 0.25) is 0 Å². The van der Waals surface area contributed by atoms with Crippen molar-refractivity contribution in [3.8, 4) is 0 Å². The van der Waals surface area contributed by atoms with Gasteiger partial charge in [-0.05, 0) is 31.0 Å². The molecule has 1 amide bonds. The maximum Gasteiger partial charge on any atom is 0.246 e. The van der Waals surface area contributed by atoms with Crippen molar-refractivity contribution in [1.82, 2.24) is 19.4 Å². The number of likely N-dealkylation sites (tertiary alicyclic amines) is 1. The number of rotatable bonds is 2. The first-order valence-corrected chi connectivity index (χ1v) is 8.76. The molecule has 0 radical (unpaired) electrons. The second-order valence-electron chi connectivity index (χ2n) is 6.41. The number of thiophene rings is 1. The summed E-state index contributed by atoms with van der Waals surface area (Å²) < 4.78 is 2.23. The van der Waals surface area contributed by atoms with Crippen molar-refractivity contribution in [3.05, 3.63) is 46.7 Å². The van der Waals surface area contributed by atoms with E-state index >= 15 is 0 Å². The van der Waals surface area contributed by atoms with Crippen LogP contribution in [0, 0.1) is 0 Å². The van der Waals surface area contributed by atoms with Crippen LogP contribution >= 0.6 is 11.3 Å². The van der Waals surface area contributed by atoms with Crippen LogP contribution in [0.1, 0.15) is 17.1 Å². The van der Waals surface area contributed by atoms with Crippen molar-refractivity contribution in [3.63, 3.8) is 0 Å². The Bertz CT molecular complexity index is 736. The van der Waals surface area contributed by atoms with Gasteiger partial charge in [-0.3, -0.25) is 9.69 Å². The molecule has 2 aromatic heterocycles. The maximum atomic E-state index is 12.5. The third-order valence-corrected chi connectivity index (χ3v) is 5.87. The molecule has 23 heavy (non-hydrogen) atoms. The van der Waals surface area contributed by atoms with Crippen molar-refractivity contribution in [1.29, 1.82) is 0 Å². The maximum absolute atomic E-state index is 12.5. The van der Waals surface area contributed by atoms with E-state index in [-0.39, 0.29) is 11.4 Å². The van der Waals surface area contributed by atoms with Crippen molar-refractivity contribution in [2.24, 2.45) is 0 Å². The second-order valence-corrected chi connectivity index (χ2v) is 7.39. The van der Waals surface area contributed by atoms with Gasteiger partial charge in [0.1, 0.15) is 5.82 Å². The van der Waals surface area contributed by atoms with E-state index in [1.165, 1.54) is 0 Å². The van der Waals surface area contributed by atoms with Crippen LogP contribution < -0.4 is 0 Å². The first kappa shape index (κ1) is 14.7. The minimum Gasteiger partial charge on any atom is -0.337 e. The lowest BCUT2D eigenvalue weighted by Gasteiger charge is -2.42. The third kappa shape index (κ3) is 2.62. The molecule has 4 rings (SSSR count). The Balaban J connectivity index is 1.47. The van der Waals surface area contributed by atoms with E-state index in [2.05, 4.69) is 21.5 Å². The van der Waals surface area contributed by atoms with Crippen molar-refractivity contribution < 1.29 is 4.79 Å². The van der Waals surface area contributed by atoms with E-state index in [1.807, 2.05) is 40.9 Å². The first-order valence-electron chi connectivity index (χ1n) is 7.88. The summed E-state index contributed by atoms with van der Waals surface area (Å²) in [5.74, 6) is 1.22. The second kappa shape index (κ2) is 5.62. The van der Waals surface area contributed by atoms with Gasteiger partial charge in [-0.15, -0.1) is 11.3 Å². The lowest BCUT2D eigenvalue weighted by atomic mass is 9.94. The highest BCUT2D eigenvalue weighted by atomic mass is 32.1. The highest BCUT2D eigenvalue weighted by Crippen LogP contribution is 2.33. The van der Waals surface area contributed by atoms with Crippen LogP contribution in [0.15, 0.2) is 36.0 Å². The van der Waals surface area contributed by atoms with Crippen LogP contribution in [0.4, 0.5) is 0 Å². The number of carbonyl (C=O) groups is 1. The molecule has 0 aromatic carbocycles. The molecule has 5 nitrogen and oxygen atoms in total. The minimum absolute atomic E-state index is 0.0418. The highest BCUT2D eigenvalue weighted by Gasteiger charge is 2.45. The molecule has 0 bridgehead atoms. The Morgan fingerprint density at radius 3 is 3.17 bits per heavy atom. The van der Waals surface area contributed by atoms with Crippen molar-refractivity contribution in [2.75, 3.05) is 20.1 Å². The molecule has 1 atom stereocenters. The fourth-order valence-corrected chi connectivity index (χ4v) is 4.20. The number of aromatic nitrogens is 2. The minimum atomic E-state index is 0.0418. The number of likely N-dealkylation sites (N-methyl/N-ethyl adjacent to an activating group) is 1. The molecule has 6 heteroatoms. The van der Waals surface area contributed by atoms with E-state index in [1.54, 1.807) is 17.4 Å². The number of fused-ring (bicyclic) bond motifs is 1. The van der Waals surface area contributed by atoms with Gasteiger partial charge in [0.25, 0.3) is 0 Å². The van der Waals surface area contributed by atoms with E-state index in [0.29, 0.717) is 0 Å². The van der Waals surface area contributed by atoms with E-state index in [9.17, 15) is 4.79 Å². The quantitative estimate of drug-likeness (QED) is 0.793. The van der Waals surface area contributed by atoms with Crippen LogP contribution in [-0.2, 0) is 17.9 Å². The van der Waals surface area contributed by atoms with Gasteiger partial charge in [-0.1, -0.05) is 6.07 Å². The molecule has 1 unspecified atom stereocenters. The first-order chi connectivity index (χ1) is 11.2. The van der Waals surface area contributed by atoms with Gasteiger partial charge in [0.15, 0.2) is 0 Å². The zero-order valence-corrected chi connectivity index (χ0v) is 14.0. The Labute approximate surface area is 139 Å². The fraction of sp³-hybridized carbons (Fsp3) is 0.412. The summed E-state index contributed by atoms with van der Waals surface area (Å²) in [4.78, 5) is 22.3. The van der Waals surface area contributed by atoms with E-state index < -0.39 is 0 Å². The zero-order valence-electron chi connectivity index (χ0n) is 13.2. The van der Waals surface area contributed by atoms with Crippen LogP contribution in [0.25, 0.3) is 6.08 Å². The largest absolute Gasteiger partial charge is 0.337 e. The highest BCUT2D eigenvalue weighted by molar-refractivity contribution is 7.10. The number of hydrogen-bond acceptors (Lipinski definition) is 4. The van der Waals surface area contributed by atoms with Gasteiger partial charge in [0.2, 0.25) is 5.91 Å². The SMILES string of the molecule is CN1Cc2nccn2CC12CCN(C(=O)/C=C/c1cccs1)C2. The Hall–Kier alpha value is -1.92. The number of carbonyl (C=O) groups excluding carboxylic acids is 1. The topological polar surface area (TPSA) is 41.4 Å². The Morgan fingerprint density at radius 2 is 2.35 bits per heavy atom. The standard InChI is InChI=1S/C17H20N4OS/c1-19-11-15-18-7-9-20(15)12-17(19)6-8-21(13-17)16(22)5-4-14-3-2-10-23-14/h2-5,7,9-10H,6,8,11-13H2,1H3/b5-4+. The van der Waals surface area contributed by atoms with Gasteiger partial charge >= 0.3 is 0 Å². The monoisotopic (exact) mass is 328 g/mol. The van der Waals surface area contributed by atoms with E-state index in [0.717, 1.165) is 43.3 Å². The number of amides is 1. The molecule has 4 heterocycles. The predicted molar refractivity (Wildman–Crippen MR) is 91.0 cm³/mol. The van der Waals surface area contributed by atoms with Crippen LogP contribution in [0.5, 0.6) is 0 Å². The number of hydrogen-bond donors (Lipinski definition) is 0. The van der Waals surface area contributed by atoms with Gasteiger partial charge in [0.05, 0.1) is 12.1 Å². The summed E-state index contributed by atoms with van der Waals surface area (Å²) in [6.45, 7) is 3.37. The summed E-state index contributed by atoms with van der Waals surface area (Å²) in [7, 11) is 2.15. The average molecular weight is 328 g/mol. The smallest absolute Gasteiger partial charge is 0.246 e. The zero-order chi connectivity index (χ0) is 15.9. The summed E-state index contributed by atoms with van der Waals surface area (Å²) in [5.41, 5.74) is 0.0418. The van der Waals surface area contributed by atoms with Gasteiger partial charge in [0, 0.05) is 43.0 Å². The Kier molecular flexibility index (Phi) is 3.58. The van der Waals surface area contributed by atoms with E-state index in [4.69, 9.17) is 0 Å². The summed E-state index contributed by atoms with van der Waals surface area (Å²) in [6, 6.07) is 4.02. The molecule has 2 aliphatic rings. The Morgan fingerprint density at radius 1 is 1.43 bits per heavy atom. The van der Waals surface area contributed by atoms with Gasteiger partial charge in [-0.25, -0.2) is 4.98 Å². The molecule has 2 aliphatic heterocycles. The number of imidazole rings is 1. The van der Waals surface area contributed by atoms with Crippen molar-refractivity contribution in [2.45, 2.75) is 25.0 Å². The normalized spacial score (nSPS) is 24.7. The van der Waals surface area contributed by atoms with Crippen LogP contribution in [-0.4, -0.2) is 50.9 Å². The summed E-state index contributed by atoms with van der Waals surface area (Å²) in [5, 5.41) is 2.02. The fourth-order valence-electron chi connectivity index (χ4n) is 3.58. The molecule has 120 valence electrons. The average Bonchev–Trinajstić information content (AvgIpc) is 3.27. The molecule has 2 aromatic rings.